The Morgan fingerprint density at radius 3 is 2.65 bits per heavy atom. The molecule has 3 nitrogen and oxygen atoms in total. The molecule has 17 heavy (non-hydrogen) atoms. The summed E-state index contributed by atoms with van der Waals surface area (Å²) in [5.74, 6) is -2.01. The van der Waals surface area contributed by atoms with Gasteiger partial charge >= 0.3 is 5.97 Å². The molecule has 0 radical (unpaired) electrons. The van der Waals surface area contributed by atoms with Gasteiger partial charge in [-0.15, -0.1) is 0 Å². The summed E-state index contributed by atoms with van der Waals surface area (Å²) < 4.78 is 26.0. The highest BCUT2D eigenvalue weighted by molar-refractivity contribution is 5.73. The third-order valence-electron chi connectivity index (χ3n) is 2.57. The average Bonchev–Trinajstić information content (AvgIpc) is 2.22. The molecule has 0 fully saturated rings. The molecular weight excluding hydrogens is 228 g/mol. The molecule has 0 saturated carbocycles. The SMILES string of the molecule is CC(C)(CCNc1cc(F)ccc1F)C(=O)O. The standard InChI is InChI=1S/C12H15F2NO2/c1-12(2,11(16)17)5-6-15-10-7-8(13)3-4-9(10)14/h3-4,7,15H,5-6H2,1-2H3,(H,16,17). The monoisotopic (exact) mass is 243 g/mol. The third-order valence-corrected chi connectivity index (χ3v) is 2.57. The van der Waals surface area contributed by atoms with Crippen LogP contribution in [0.5, 0.6) is 0 Å². The highest BCUT2D eigenvalue weighted by Crippen LogP contribution is 2.21. The minimum Gasteiger partial charge on any atom is -0.481 e. The smallest absolute Gasteiger partial charge is 0.309 e. The van der Waals surface area contributed by atoms with Gasteiger partial charge in [0, 0.05) is 6.54 Å². The van der Waals surface area contributed by atoms with Crippen molar-refractivity contribution in [2.75, 3.05) is 11.9 Å². The van der Waals surface area contributed by atoms with Crippen LogP contribution >= 0.6 is 0 Å². The number of hydrogen-bond acceptors (Lipinski definition) is 2. The minimum absolute atomic E-state index is 0.0474. The molecule has 0 spiro atoms. The molecule has 5 heteroatoms. The molecular formula is C12H15F2NO2. The zero-order chi connectivity index (χ0) is 13.1. The summed E-state index contributed by atoms with van der Waals surface area (Å²) in [6.07, 6.45) is 0.318. The highest BCUT2D eigenvalue weighted by atomic mass is 19.1. The summed E-state index contributed by atoms with van der Waals surface area (Å²) in [6.45, 7) is 3.43. The van der Waals surface area contributed by atoms with Gasteiger partial charge in [-0.1, -0.05) is 0 Å². The second-order valence-corrected chi connectivity index (χ2v) is 4.49. The lowest BCUT2D eigenvalue weighted by Gasteiger charge is -2.19. The van der Waals surface area contributed by atoms with Crippen LogP contribution < -0.4 is 5.32 Å². The Bertz CT molecular complexity index is 419. The molecule has 0 unspecified atom stereocenters. The summed E-state index contributed by atoms with van der Waals surface area (Å²) >= 11 is 0. The van der Waals surface area contributed by atoms with E-state index in [1.807, 2.05) is 0 Å². The van der Waals surface area contributed by atoms with E-state index in [4.69, 9.17) is 5.11 Å². The number of rotatable bonds is 5. The lowest BCUT2D eigenvalue weighted by atomic mass is 9.90. The molecule has 0 aliphatic carbocycles. The van der Waals surface area contributed by atoms with Crippen molar-refractivity contribution in [3.05, 3.63) is 29.8 Å². The third kappa shape index (κ3) is 3.69. The molecule has 0 aliphatic rings. The van der Waals surface area contributed by atoms with Crippen LogP contribution in [-0.4, -0.2) is 17.6 Å². The van der Waals surface area contributed by atoms with Crippen LogP contribution in [0.3, 0.4) is 0 Å². The normalized spacial score (nSPS) is 11.3. The highest BCUT2D eigenvalue weighted by Gasteiger charge is 2.26. The number of benzene rings is 1. The topological polar surface area (TPSA) is 49.3 Å². The fourth-order valence-corrected chi connectivity index (χ4v) is 1.25. The summed E-state index contributed by atoms with van der Waals surface area (Å²) in [6, 6.07) is 3.10. The van der Waals surface area contributed by atoms with Crippen LogP contribution in [0.2, 0.25) is 0 Å². The molecule has 94 valence electrons. The number of carboxylic acids is 1. The zero-order valence-electron chi connectivity index (χ0n) is 9.76. The lowest BCUT2D eigenvalue weighted by molar-refractivity contribution is -0.147. The Morgan fingerprint density at radius 1 is 1.41 bits per heavy atom. The van der Waals surface area contributed by atoms with Gasteiger partial charge in [-0.3, -0.25) is 4.79 Å². The number of halogens is 2. The first-order valence-corrected chi connectivity index (χ1v) is 5.25. The van der Waals surface area contributed by atoms with Crippen molar-refractivity contribution < 1.29 is 18.7 Å². The molecule has 0 aliphatic heterocycles. The lowest BCUT2D eigenvalue weighted by Crippen LogP contribution is -2.26. The van der Waals surface area contributed by atoms with Crippen molar-refractivity contribution in [1.82, 2.24) is 0 Å². The van der Waals surface area contributed by atoms with Crippen molar-refractivity contribution in [3.63, 3.8) is 0 Å². The van der Waals surface area contributed by atoms with E-state index in [1.54, 1.807) is 13.8 Å². The van der Waals surface area contributed by atoms with Crippen LogP contribution in [0, 0.1) is 17.0 Å². The van der Waals surface area contributed by atoms with E-state index < -0.39 is 23.0 Å². The van der Waals surface area contributed by atoms with Crippen molar-refractivity contribution in [3.8, 4) is 0 Å². The Morgan fingerprint density at radius 2 is 2.06 bits per heavy atom. The van der Waals surface area contributed by atoms with Crippen LogP contribution in [0.4, 0.5) is 14.5 Å². The number of nitrogens with one attached hydrogen (secondary N) is 1. The van der Waals surface area contributed by atoms with Gasteiger partial charge in [0.05, 0.1) is 11.1 Å². The van der Waals surface area contributed by atoms with Crippen LogP contribution in [0.1, 0.15) is 20.3 Å². The Kier molecular flexibility index (Phi) is 4.04. The minimum atomic E-state index is -0.918. The second-order valence-electron chi connectivity index (χ2n) is 4.49. The Labute approximate surface area is 98.5 Å². The van der Waals surface area contributed by atoms with E-state index in [1.165, 1.54) is 0 Å². The van der Waals surface area contributed by atoms with E-state index in [9.17, 15) is 13.6 Å². The number of aliphatic carboxylic acids is 1. The largest absolute Gasteiger partial charge is 0.481 e. The number of carbonyl (C=O) groups is 1. The molecule has 1 rings (SSSR count). The molecule has 0 heterocycles. The average molecular weight is 243 g/mol. The predicted molar refractivity (Wildman–Crippen MR) is 60.9 cm³/mol. The first-order chi connectivity index (χ1) is 7.83. The fourth-order valence-electron chi connectivity index (χ4n) is 1.25. The van der Waals surface area contributed by atoms with Gasteiger partial charge in [0.2, 0.25) is 0 Å². The van der Waals surface area contributed by atoms with Crippen molar-refractivity contribution in [2.24, 2.45) is 5.41 Å². The summed E-state index contributed by atoms with van der Waals surface area (Å²) in [4.78, 5) is 10.8. The first-order valence-electron chi connectivity index (χ1n) is 5.25. The first kappa shape index (κ1) is 13.4. The van der Waals surface area contributed by atoms with Crippen LogP contribution in [-0.2, 0) is 4.79 Å². The van der Waals surface area contributed by atoms with E-state index in [2.05, 4.69) is 5.32 Å². The van der Waals surface area contributed by atoms with Gasteiger partial charge in [0.15, 0.2) is 0 Å². The molecule has 0 amide bonds. The molecule has 0 bridgehead atoms. The van der Waals surface area contributed by atoms with Crippen molar-refractivity contribution in [2.45, 2.75) is 20.3 Å². The summed E-state index contributed by atoms with van der Waals surface area (Å²) in [5.41, 5.74) is -0.845. The molecule has 2 N–H and O–H groups in total. The molecule has 0 saturated heterocycles. The molecule has 1 aromatic carbocycles. The van der Waals surface area contributed by atoms with Crippen LogP contribution in [0.15, 0.2) is 18.2 Å². The maximum Gasteiger partial charge on any atom is 0.309 e. The number of carboxylic acid groups (broad SMARTS) is 1. The quantitative estimate of drug-likeness (QED) is 0.836. The Balaban J connectivity index is 2.57. The number of anilines is 1. The molecule has 1 aromatic rings. The summed E-state index contributed by atoms with van der Waals surface area (Å²) in [7, 11) is 0. The predicted octanol–water partition coefficient (Wildman–Crippen LogP) is 2.88. The van der Waals surface area contributed by atoms with E-state index in [0.717, 1.165) is 18.2 Å². The van der Waals surface area contributed by atoms with Gasteiger partial charge in [-0.25, -0.2) is 8.78 Å². The molecule has 0 aromatic heterocycles. The van der Waals surface area contributed by atoms with E-state index in [0.29, 0.717) is 6.42 Å². The number of hydrogen-bond donors (Lipinski definition) is 2. The van der Waals surface area contributed by atoms with Crippen molar-refractivity contribution in [1.29, 1.82) is 0 Å². The molecule has 0 atom stereocenters. The van der Waals surface area contributed by atoms with Gasteiger partial charge in [0.25, 0.3) is 0 Å². The van der Waals surface area contributed by atoms with E-state index >= 15 is 0 Å². The Hall–Kier alpha value is -1.65. The zero-order valence-corrected chi connectivity index (χ0v) is 9.76. The van der Waals surface area contributed by atoms with Gasteiger partial charge < -0.3 is 10.4 Å². The maximum absolute atomic E-state index is 13.2. The fraction of sp³-hybridized carbons (Fsp3) is 0.417. The maximum atomic E-state index is 13.2. The van der Waals surface area contributed by atoms with Gasteiger partial charge in [-0.05, 0) is 38.5 Å². The van der Waals surface area contributed by atoms with Gasteiger partial charge in [0.1, 0.15) is 11.6 Å². The van der Waals surface area contributed by atoms with E-state index in [-0.39, 0.29) is 12.2 Å². The van der Waals surface area contributed by atoms with Crippen LogP contribution in [0.25, 0.3) is 0 Å². The second kappa shape index (κ2) is 5.12. The summed E-state index contributed by atoms with van der Waals surface area (Å²) in [5, 5.41) is 11.6. The van der Waals surface area contributed by atoms with Crippen molar-refractivity contribution >= 4 is 11.7 Å². The van der Waals surface area contributed by atoms with Gasteiger partial charge in [-0.2, -0.15) is 0 Å².